The number of carbonyl (C=O) groups excluding carboxylic acids is 2. The van der Waals surface area contributed by atoms with Crippen LogP contribution in [0.1, 0.15) is 23.1 Å². The number of carbonyl (C=O) groups is 2. The molecule has 0 saturated heterocycles. The molecule has 1 N–H and O–H groups in total. The van der Waals surface area contributed by atoms with Gasteiger partial charge in [-0.25, -0.2) is 4.68 Å². The Morgan fingerprint density at radius 1 is 1.07 bits per heavy atom. The van der Waals surface area contributed by atoms with Gasteiger partial charge in [-0.05, 0) is 36.2 Å². The van der Waals surface area contributed by atoms with Crippen molar-refractivity contribution in [3.05, 3.63) is 70.4 Å². The Bertz CT molecular complexity index is 1170. The number of fused-ring (bicyclic) bond motifs is 4. The fraction of sp³-hybridized carbons (Fsp3) is 0.190. The molecule has 0 radical (unpaired) electrons. The topological polar surface area (TPSA) is 67.2 Å². The zero-order valence-corrected chi connectivity index (χ0v) is 16.1. The molecule has 0 aliphatic carbocycles. The highest BCUT2D eigenvalue weighted by Crippen LogP contribution is 2.52. The number of benzene rings is 2. The number of aromatic nitrogens is 2. The Labute approximate surface area is 166 Å². The molecule has 1 atom stereocenters. The van der Waals surface area contributed by atoms with Crippen LogP contribution in [0.5, 0.6) is 0 Å². The fourth-order valence-electron chi connectivity index (χ4n) is 4.37. The van der Waals surface area contributed by atoms with Crippen LogP contribution in [0.3, 0.4) is 0 Å². The van der Waals surface area contributed by atoms with Crippen molar-refractivity contribution in [3.8, 4) is 5.69 Å². The maximum Gasteiger partial charge on any atom is 0.242 e. The summed E-state index contributed by atoms with van der Waals surface area (Å²) in [5.74, 6) is 0.180. The first-order valence-electron chi connectivity index (χ1n) is 8.96. The van der Waals surface area contributed by atoms with Crippen molar-refractivity contribution < 1.29 is 9.59 Å². The van der Waals surface area contributed by atoms with Gasteiger partial charge >= 0.3 is 0 Å². The zero-order chi connectivity index (χ0) is 19.6. The van der Waals surface area contributed by atoms with Crippen molar-refractivity contribution in [2.75, 3.05) is 17.3 Å². The lowest BCUT2D eigenvalue weighted by Crippen LogP contribution is -2.45. The molecule has 1 aromatic heterocycles. The third-order valence-corrected chi connectivity index (χ3v) is 6.18. The average molecular weight is 393 g/mol. The summed E-state index contributed by atoms with van der Waals surface area (Å²) in [5, 5.41) is 8.06. The molecule has 3 aromatic rings. The maximum absolute atomic E-state index is 13.4. The Balaban J connectivity index is 1.80. The van der Waals surface area contributed by atoms with Crippen LogP contribution < -0.4 is 10.2 Å². The van der Waals surface area contributed by atoms with E-state index in [0.717, 1.165) is 22.5 Å². The summed E-state index contributed by atoms with van der Waals surface area (Å²) in [5.41, 5.74) is 2.90. The van der Waals surface area contributed by atoms with E-state index in [0.29, 0.717) is 16.4 Å². The van der Waals surface area contributed by atoms with Crippen molar-refractivity contribution in [1.82, 2.24) is 9.78 Å². The van der Waals surface area contributed by atoms with E-state index in [9.17, 15) is 9.59 Å². The van der Waals surface area contributed by atoms with E-state index in [1.807, 2.05) is 49.4 Å². The molecule has 0 saturated carbocycles. The van der Waals surface area contributed by atoms with E-state index in [4.69, 9.17) is 11.6 Å². The summed E-state index contributed by atoms with van der Waals surface area (Å²) in [4.78, 5) is 27.8. The van der Waals surface area contributed by atoms with E-state index < -0.39 is 5.41 Å². The molecule has 7 heteroatoms. The number of rotatable bonds is 1. The van der Waals surface area contributed by atoms with Crippen LogP contribution in [-0.4, -0.2) is 28.6 Å². The van der Waals surface area contributed by atoms with E-state index >= 15 is 0 Å². The molecule has 28 heavy (non-hydrogen) atoms. The number of amides is 2. The maximum atomic E-state index is 13.4. The van der Waals surface area contributed by atoms with Crippen LogP contribution in [0.2, 0.25) is 5.02 Å². The Morgan fingerprint density at radius 3 is 2.64 bits per heavy atom. The van der Waals surface area contributed by atoms with Crippen molar-refractivity contribution in [2.24, 2.45) is 0 Å². The highest BCUT2D eigenvalue weighted by atomic mass is 35.5. The van der Waals surface area contributed by atoms with Gasteiger partial charge in [0, 0.05) is 29.7 Å². The first kappa shape index (κ1) is 17.0. The van der Waals surface area contributed by atoms with Crippen LogP contribution in [0.4, 0.5) is 11.5 Å². The second-order valence-corrected chi connectivity index (χ2v) is 7.62. The lowest BCUT2D eigenvalue weighted by molar-refractivity contribution is -0.126. The zero-order valence-electron chi connectivity index (χ0n) is 15.4. The molecule has 6 nitrogen and oxygen atoms in total. The molecule has 2 aliphatic rings. The predicted octanol–water partition coefficient (Wildman–Crippen LogP) is 3.44. The number of anilines is 2. The largest absolute Gasteiger partial charge is 0.314 e. The van der Waals surface area contributed by atoms with Crippen LogP contribution >= 0.6 is 11.6 Å². The molecular formula is C21H17ClN4O2. The molecule has 0 unspecified atom stereocenters. The Kier molecular flexibility index (Phi) is 3.46. The first-order chi connectivity index (χ1) is 13.4. The van der Waals surface area contributed by atoms with E-state index in [1.54, 1.807) is 22.8 Å². The van der Waals surface area contributed by atoms with Gasteiger partial charge in [0.05, 0.1) is 11.9 Å². The van der Waals surface area contributed by atoms with Crippen molar-refractivity contribution in [3.63, 3.8) is 0 Å². The number of halogens is 1. The average Bonchev–Trinajstić information content (AvgIpc) is 3.19. The highest BCUT2D eigenvalue weighted by Gasteiger charge is 2.56. The second kappa shape index (κ2) is 5.69. The minimum atomic E-state index is -1.06. The van der Waals surface area contributed by atoms with Gasteiger partial charge in [0.15, 0.2) is 0 Å². The SMILES string of the molecule is Cc1c(Cl)cccc1-n1ncc2c1NC(=O)C[C@@]21C(=O)N(C)c2ccccc21. The van der Waals surface area contributed by atoms with E-state index in [-0.39, 0.29) is 18.2 Å². The van der Waals surface area contributed by atoms with Gasteiger partial charge in [-0.15, -0.1) is 0 Å². The fourth-order valence-corrected chi connectivity index (χ4v) is 4.54. The minimum Gasteiger partial charge on any atom is -0.314 e. The molecule has 3 heterocycles. The summed E-state index contributed by atoms with van der Waals surface area (Å²) in [7, 11) is 1.74. The number of nitrogens with one attached hydrogen (secondary N) is 1. The molecular weight excluding hydrogens is 376 g/mol. The standard InChI is InChI=1S/C21H17ClN4O2/c1-12-15(22)7-5-9-16(12)26-19-14(11-23-26)21(10-18(27)24-19)13-6-3-4-8-17(13)25(2)20(21)28/h3-9,11H,10H2,1-2H3,(H,24,27)/t21-/m0/s1. The molecule has 0 bridgehead atoms. The smallest absolute Gasteiger partial charge is 0.242 e. The molecule has 2 aromatic carbocycles. The van der Waals surface area contributed by atoms with E-state index in [2.05, 4.69) is 10.4 Å². The minimum absolute atomic E-state index is 0.0560. The van der Waals surface area contributed by atoms with Gasteiger partial charge in [0.1, 0.15) is 11.2 Å². The highest BCUT2D eigenvalue weighted by molar-refractivity contribution is 6.31. The molecule has 2 aliphatic heterocycles. The molecule has 2 amide bonds. The summed E-state index contributed by atoms with van der Waals surface area (Å²) in [6.07, 6.45) is 1.74. The third-order valence-electron chi connectivity index (χ3n) is 5.77. The van der Waals surface area contributed by atoms with Crippen molar-refractivity contribution >= 4 is 34.9 Å². The van der Waals surface area contributed by atoms with Crippen LogP contribution in [0.15, 0.2) is 48.7 Å². The summed E-state index contributed by atoms with van der Waals surface area (Å²) >= 11 is 6.28. The van der Waals surface area contributed by atoms with Gasteiger partial charge in [0.25, 0.3) is 0 Å². The Morgan fingerprint density at radius 2 is 1.82 bits per heavy atom. The molecule has 140 valence electrons. The van der Waals surface area contributed by atoms with Gasteiger partial charge in [0.2, 0.25) is 11.8 Å². The number of para-hydroxylation sites is 1. The number of hydrogen-bond donors (Lipinski definition) is 1. The third kappa shape index (κ3) is 2.01. The van der Waals surface area contributed by atoms with Gasteiger partial charge < -0.3 is 10.2 Å². The summed E-state index contributed by atoms with van der Waals surface area (Å²) < 4.78 is 1.66. The first-order valence-corrected chi connectivity index (χ1v) is 9.34. The number of hydrogen-bond acceptors (Lipinski definition) is 3. The molecule has 5 rings (SSSR count). The van der Waals surface area contributed by atoms with Gasteiger partial charge in [-0.2, -0.15) is 5.10 Å². The summed E-state index contributed by atoms with van der Waals surface area (Å²) in [6.45, 7) is 1.90. The summed E-state index contributed by atoms with van der Waals surface area (Å²) in [6, 6.07) is 13.1. The lowest BCUT2D eigenvalue weighted by Gasteiger charge is -2.32. The van der Waals surface area contributed by atoms with Gasteiger partial charge in [-0.3, -0.25) is 9.59 Å². The van der Waals surface area contributed by atoms with Crippen molar-refractivity contribution in [1.29, 1.82) is 0 Å². The van der Waals surface area contributed by atoms with Crippen LogP contribution in [0.25, 0.3) is 5.69 Å². The number of nitrogens with zero attached hydrogens (tertiary/aromatic N) is 3. The van der Waals surface area contributed by atoms with Gasteiger partial charge in [-0.1, -0.05) is 35.9 Å². The predicted molar refractivity (Wildman–Crippen MR) is 107 cm³/mol. The lowest BCUT2D eigenvalue weighted by atomic mass is 9.72. The second-order valence-electron chi connectivity index (χ2n) is 7.21. The Hall–Kier alpha value is -3.12. The van der Waals surface area contributed by atoms with E-state index in [1.165, 1.54) is 0 Å². The van der Waals surface area contributed by atoms with Crippen LogP contribution in [0, 0.1) is 6.92 Å². The molecule has 1 spiro atoms. The normalized spacial score (nSPS) is 20.3. The van der Waals surface area contributed by atoms with Crippen LogP contribution in [-0.2, 0) is 15.0 Å². The molecule has 0 fully saturated rings. The monoisotopic (exact) mass is 392 g/mol. The van der Waals surface area contributed by atoms with Crippen molar-refractivity contribution in [2.45, 2.75) is 18.8 Å². The number of likely N-dealkylation sites (N-methyl/N-ethyl adjacent to an activating group) is 1. The quantitative estimate of drug-likeness (QED) is 0.689.